The fourth-order valence-corrected chi connectivity index (χ4v) is 1.05. The van der Waals surface area contributed by atoms with E-state index in [1.165, 1.54) is 0 Å². The van der Waals surface area contributed by atoms with Gasteiger partial charge in [0.2, 0.25) is 0 Å². The van der Waals surface area contributed by atoms with Gasteiger partial charge in [0.1, 0.15) is 0 Å². The van der Waals surface area contributed by atoms with Crippen molar-refractivity contribution in [2.45, 2.75) is 6.61 Å². The van der Waals surface area contributed by atoms with E-state index < -0.39 is 7.82 Å². The predicted octanol–water partition coefficient (Wildman–Crippen LogP) is 0.647. The van der Waals surface area contributed by atoms with E-state index in [-0.39, 0.29) is 36.2 Å². The molecule has 0 radical (unpaired) electrons. The number of benzene rings is 1. The number of hydrogen-bond donors (Lipinski definition) is 2. The second-order valence-corrected chi connectivity index (χ2v) is 3.49. The van der Waals surface area contributed by atoms with Crippen molar-refractivity contribution < 1.29 is 18.9 Å². The van der Waals surface area contributed by atoms with Crippen molar-refractivity contribution in [2.24, 2.45) is 0 Å². The van der Waals surface area contributed by atoms with Gasteiger partial charge in [0, 0.05) is 0 Å². The molecule has 0 spiro atoms. The van der Waals surface area contributed by atoms with Gasteiger partial charge in [0.15, 0.2) is 0 Å². The average molecular weight is 212 g/mol. The fraction of sp³-hybridized carbons (Fsp3) is 0.143. The summed E-state index contributed by atoms with van der Waals surface area (Å²) in [5.41, 5.74) is 0.737. The summed E-state index contributed by atoms with van der Waals surface area (Å²) < 4.78 is 14.6. The van der Waals surface area contributed by atoms with E-state index in [1.54, 1.807) is 24.3 Å². The molecular formula is C7H10NaO4P. The van der Waals surface area contributed by atoms with Crippen LogP contribution in [0.15, 0.2) is 30.3 Å². The Kier molecular flexibility index (Phi) is 6.09. The van der Waals surface area contributed by atoms with Crippen molar-refractivity contribution in [2.75, 3.05) is 0 Å². The third kappa shape index (κ3) is 6.41. The second kappa shape index (κ2) is 5.94. The summed E-state index contributed by atoms with van der Waals surface area (Å²) in [7, 11) is -4.33. The van der Waals surface area contributed by atoms with E-state index in [0.717, 1.165) is 5.56 Å². The Morgan fingerprint density at radius 1 is 1.23 bits per heavy atom. The van der Waals surface area contributed by atoms with Crippen molar-refractivity contribution in [1.29, 1.82) is 0 Å². The van der Waals surface area contributed by atoms with E-state index >= 15 is 0 Å². The maximum absolute atomic E-state index is 10.3. The topological polar surface area (TPSA) is 66.8 Å². The van der Waals surface area contributed by atoms with Crippen molar-refractivity contribution in [3.8, 4) is 0 Å². The molecule has 1 aromatic carbocycles. The molecule has 0 saturated heterocycles. The van der Waals surface area contributed by atoms with Gasteiger partial charge in [-0.15, -0.1) is 0 Å². The number of phosphoric ester groups is 1. The number of hydrogen-bond acceptors (Lipinski definition) is 2. The molecule has 0 bridgehead atoms. The Morgan fingerprint density at radius 2 is 1.77 bits per heavy atom. The SMILES string of the molecule is O=P(O)(O)OCc1ccccc1.[NaH]. The van der Waals surface area contributed by atoms with Crippen LogP contribution in [0, 0.1) is 0 Å². The fourth-order valence-electron chi connectivity index (χ4n) is 0.733. The third-order valence-corrected chi connectivity index (χ3v) is 1.71. The van der Waals surface area contributed by atoms with Gasteiger partial charge in [-0.05, 0) is 5.56 Å². The van der Waals surface area contributed by atoms with Crippen LogP contribution in [0.3, 0.4) is 0 Å². The Labute approximate surface area is 98.5 Å². The third-order valence-electron chi connectivity index (χ3n) is 1.24. The molecule has 6 heteroatoms. The average Bonchev–Trinajstić information content (AvgIpc) is 2.02. The summed E-state index contributed by atoms with van der Waals surface area (Å²) >= 11 is 0. The molecule has 0 amide bonds. The summed E-state index contributed by atoms with van der Waals surface area (Å²) in [6, 6.07) is 8.84. The van der Waals surface area contributed by atoms with Gasteiger partial charge < -0.3 is 9.79 Å². The molecule has 0 unspecified atom stereocenters. The van der Waals surface area contributed by atoms with E-state index in [0.29, 0.717) is 0 Å². The zero-order valence-corrected chi connectivity index (χ0v) is 7.15. The first-order valence-corrected chi connectivity index (χ1v) is 4.85. The van der Waals surface area contributed by atoms with Crippen LogP contribution in [0.5, 0.6) is 0 Å². The first-order valence-electron chi connectivity index (χ1n) is 3.32. The molecule has 0 saturated carbocycles. The van der Waals surface area contributed by atoms with Gasteiger partial charge in [0.05, 0.1) is 6.61 Å². The van der Waals surface area contributed by atoms with E-state index in [1.807, 2.05) is 6.07 Å². The van der Waals surface area contributed by atoms with Crippen LogP contribution >= 0.6 is 7.82 Å². The minimum atomic E-state index is -4.33. The molecule has 4 nitrogen and oxygen atoms in total. The molecule has 68 valence electrons. The molecule has 13 heavy (non-hydrogen) atoms. The van der Waals surface area contributed by atoms with E-state index in [9.17, 15) is 4.57 Å². The number of phosphoric acid groups is 1. The van der Waals surface area contributed by atoms with Gasteiger partial charge in [-0.3, -0.25) is 4.52 Å². The Morgan fingerprint density at radius 3 is 2.23 bits per heavy atom. The molecule has 0 fully saturated rings. The molecular weight excluding hydrogens is 202 g/mol. The zero-order chi connectivity index (χ0) is 9.03. The predicted molar refractivity (Wildman–Crippen MR) is 50.4 cm³/mol. The molecule has 0 aromatic heterocycles. The van der Waals surface area contributed by atoms with Crippen molar-refractivity contribution >= 4 is 37.4 Å². The van der Waals surface area contributed by atoms with Crippen LogP contribution in [0.25, 0.3) is 0 Å². The van der Waals surface area contributed by atoms with E-state index in [4.69, 9.17) is 9.79 Å². The molecule has 0 aliphatic heterocycles. The zero-order valence-electron chi connectivity index (χ0n) is 6.25. The van der Waals surface area contributed by atoms with Gasteiger partial charge in [-0.1, -0.05) is 30.3 Å². The first kappa shape index (κ1) is 13.3. The minimum absolute atomic E-state index is 0. The first-order chi connectivity index (χ1) is 5.58. The standard InChI is InChI=1S/C7H9O4P.Na.H/c8-12(9,10)11-6-7-4-2-1-3-5-7;;/h1-5H,6H2,(H2,8,9,10);;. The quantitative estimate of drug-likeness (QED) is 0.570. The molecule has 2 N–H and O–H groups in total. The molecule has 0 aliphatic carbocycles. The normalized spacial score (nSPS) is 10.6. The number of rotatable bonds is 3. The Hall–Kier alpha value is 0.330. The summed E-state index contributed by atoms with van der Waals surface area (Å²) in [6.45, 7) is -0.0644. The van der Waals surface area contributed by atoms with Gasteiger partial charge in [-0.2, -0.15) is 0 Å². The van der Waals surface area contributed by atoms with Gasteiger partial charge in [-0.25, -0.2) is 4.57 Å². The van der Waals surface area contributed by atoms with Crippen LogP contribution < -0.4 is 0 Å². The van der Waals surface area contributed by atoms with Crippen molar-refractivity contribution in [1.82, 2.24) is 0 Å². The summed E-state index contributed by atoms with van der Waals surface area (Å²) in [6.07, 6.45) is 0. The molecule has 1 aromatic rings. The van der Waals surface area contributed by atoms with Crippen molar-refractivity contribution in [3.63, 3.8) is 0 Å². The summed E-state index contributed by atoms with van der Waals surface area (Å²) in [5, 5.41) is 0. The molecule has 0 atom stereocenters. The maximum atomic E-state index is 10.3. The van der Waals surface area contributed by atoms with Crippen LogP contribution in [-0.2, 0) is 15.7 Å². The monoisotopic (exact) mass is 212 g/mol. The molecule has 1 rings (SSSR count). The van der Waals surface area contributed by atoms with Crippen LogP contribution in [0.2, 0.25) is 0 Å². The molecule has 0 heterocycles. The van der Waals surface area contributed by atoms with Gasteiger partial charge in [0.25, 0.3) is 0 Å². The summed E-state index contributed by atoms with van der Waals surface area (Å²) in [4.78, 5) is 16.7. The molecule has 0 aliphatic rings. The Balaban J connectivity index is 0.00000144. The van der Waals surface area contributed by atoms with Crippen LogP contribution in [-0.4, -0.2) is 39.3 Å². The van der Waals surface area contributed by atoms with Crippen LogP contribution in [0.4, 0.5) is 0 Å². The summed E-state index contributed by atoms with van der Waals surface area (Å²) in [5.74, 6) is 0. The Bertz CT molecular complexity index is 284. The van der Waals surface area contributed by atoms with Crippen molar-refractivity contribution in [3.05, 3.63) is 35.9 Å². The van der Waals surface area contributed by atoms with E-state index in [2.05, 4.69) is 4.52 Å². The second-order valence-electron chi connectivity index (χ2n) is 2.25. The van der Waals surface area contributed by atoms with Gasteiger partial charge >= 0.3 is 37.4 Å². The van der Waals surface area contributed by atoms with Crippen LogP contribution in [0.1, 0.15) is 5.56 Å².